The molecule has 1 aliphatic heterocycles. The monoisotopic (exact) mass is 453 g/mol. The van der Waals surface area contributed by atoms with E-state index in [1.54, 1.807) is 40.8 Å². The van der Waals surface area contributed by atoms with Crippen LogP contribution in [0.15, 0.2) is 53.7 Å². The lowest BCUT2D eigenvalue weighted by Crippen LogP contribution is -2.41. The number of nitrogens with zero attached hydrogens (tertiary/aromatic N) is 4. The third-order valence-electron chi connectivity index (χ3n) is 5.08. The van der Waals surface area contributed by atoms with Crippen LogP contribution in [0.25, 0.3) is 0 Å². The minimum Gasteiger partial charge on any atom is -0.497 e. The molecule has 1 atom stereocenters. The average molecular weight is 454 g/mol. The molecule has 1 N–H and O–H groups in total. The molecule has 32 heavy (non-hydrogen) atoms. The van der Waals surface area contributed by atoms with Crippen LogP contribution in [0, 0.1) is 0 Å². The average Bonchev–Trinajstić information content (AvgIpc) is 3.18. The molecule has 9 nitrogen and oxygen atoms in total. The van der Waals surface area contributed by atoms with E-state index in [1.807, 2.05) is 38.2 Å². The Kier molecular flexibility index (Phi) is 6.31. The van der Waals surface area contributed by atoms with Crippen molar-refractivity contribution in [3.05, 3.63) is 54.4 Å². The Hall–Kier alpha value is -3.53. The SMILES string of the molecule is COc1ccc(NC(=O)CSc2nnc([C@@H](C)N3C(=O)COc4ccccc43)n2C)cc1. The highest BCUT2D eigenvalue weighted by atomic mass is 32.2. The van der Waals surface area contributed by atoms with Gasteiger partial charge < -0.3 is 19.4 Å². The standard InChI is InChI=1S/C22H23N5O4S/c1-14(27-17-6-4-5-7-18(17)31-12-20(27)29)21-24-25-22(26(21)2)32-13-19(28)23-15-8-10-16(30-3)11-9-15/h4-11,14H,12-13H2,1-3H3,(H,23,28)/t14-/m1/s1. The van der Waals surface area contributed by atoms with E-state index in [0.29, 0.717) is 28.1 Å². The second kappa shape index (κ2) is 9.31. The summed E-state index contributed by atoms with van der Waals surface area (Å²) in [5.41, 5.74) is 1.39. The number of anilines is 2. The van der Waals surface area contributed by atoms with Gasteiger partial charge in [0, 0.05) is 12.7 Å². The molecule has 0 saturated heterocycles. The number of hydrogen-bond donors (Lipinski definition) is 1. The number of rotatable bonds is 7. The number of ether oxygens (including phenoxy) is 2. The van der Waals surface area contributed by atoms with E-state index < -0.39 is 0 Å². The number of carbonyl (C=O) groups excluding carboxylic acids is 2. The smallest absolute Gasteiger partial charge is 0.265 e. The molecule has 2 amide bonds. The zero-order chi connectivity index (χ0) is 22.7. The Morgan fingerprint density at radius 1 is 1.22 bits per heavy atom. The van der Waals surface area contributed by atoms with E-state index in [4.69, 9.17) is 9.47 Å². The fourth-order valence-electron chi connectivity index (χ4n) is 3.48. The molecular weight excluding hydrogens is 430 g/mol. The second-order valence-corrected chi connectivity index (χ2v) is 8.10. The lowest BCUT2D eigenvalue weighted by atomic mass is 10.1. The van der Waals surface area contributed by atoms with Crippen molar-refractivity contribution in [1.82, 2.24) is 14.8 Å². The number of fused-ring (bicyclic) bond motifs is 1. The van der Waals surface area contributed by atoms with Gasteiger partial charge in [-0.2, -0.15) is 0 Å². The van der Waals surface area contributed by atoms with E-state index in [0.717, 1.165) is 5.75 Å². The lowest BCUT2D eigenvalue weighted by Gasteiger charge is -2.33. The number of thioether (sulfide) groups is 1. The van der Waals surface area contributed by atoms with Crippen LogP contribution in [-0.4, -0.2) is 46.0 Å². The third kappa shape index (κ3) is 4.40. The Morgan fingerprint density at radius 2 is 1.97 bits per heavy atom. The van der Waals surface area contributed by atoms with Gasteiger partial charge >= 0.3 is 0 Å². The van der Waals surface area contributed by atoms with Crippen LogP contribution in [0.4, 0.5) is 11.4 Å². The molecule has 3 aromatic rings. The van der Waals surface area contributed by atoms with Crippen LogP contribution in [0.1, 0.15) is 18.8 Å². The highest BCUT2D eigenvalue weighted by Crippen LogP contribution is 2.37. The molecule has 10 heteroatoms. The predicted octanol–water partition coefficient (Wildman–Crippen LogP) is 3.04. The van der Waals surface area contributed by atoms with Gasteiger partial charge in [-0.25, -0.2) is 0 Å². The second-order valence-electron chi connectivity index (χ2n) is 7.16. The molecule has 0 fully saturated rings. The van der Waals surface area contributed by atoms with Crippen LogP contribution >= 0.6 is 11.8 Å². The van der Waals surface area contributed by atoms with E-state index in [2.05, 4.69) is 15.5 Å². The molecule has 2 heterocycles. The molecule has 2 aromatic carbocycles. The first-order chi connectivity index (χ1) is 15.5. The number of aromatic nitrogens is 3. The molecule has 0 saturated carbocycles. The fourth-order valence-corrected chi connectivity index (χ4v) is 4.20. The summed E-state index contributed by atoms with van der Waals surface area (Å²) >= 11 is 1.28. The highest BCUT2D eigenvalue weighted by molar-refractivity contribution is 7.99. The van der Waals surface area contributed by atoms with Gasteiger partial charge in [-0.05, 0) is 43.3 Å². The zero-order valence-electron chi connectivity index (χ0n) is 17.9. The molecule has 1 aliphatic rings. The van der Waals surface area contributed by atoms with Crippen molar-refractivity contribution in [3.8, 4) is 11.5 Å². The minimum absolute atomic E-state index is 0.0215. The molecule has 4 rings (SSSR count). The van der Waals surface area contributed by atoms with E-state index in [-0.39, 0.29) is 30.2 Å². The van der Waals surface area contributed by atoms with Crippen LogP contribution in [-0.2, 0) is 16.6 Å². The quantitative estimate of drug-likeness (QED) is 0.549. The zero-order valence-corrected chi connectivity index (χ0v) is 18.8. The summed E-state index contributed by atoms with van der Waals surface area (Å²) in [7, 11) is 3.42. The Bertz CT molecular complexity index is 1130. The molecule has 0 radical (unpaired) electrons. The first-order valence-corrected chi connectivity index (χ1v) is 11.0. The number of carbonyl (C=O) groups is 2. The fraction of sp³-hybridized carbons (Fsp3) is 0.273. The van der Waals surface area contributed by atoms with Crippen LogP contribution < -0.4 is 19.7 Å². The largest absolute Gasteiger partial charge is 0.497 e. The molecular formula is C22H23N5O4S. The molecule has 0 unspecified atom stereocenters. The number of methoxy groups -OCH3 is 1. The maximum atomic E-state index is 12.6. The summed E-state index contributed by atoms with van der Waals surface area (Å²) in [6.45, 7) is 1.88. The highest BCUT2D eigenvalue weighted by Gasteiger charge is 2.32. The van der Waals surface area contributed by atoms with Gasteiger partial charge in [-0.15, -0.1) is 10.2 Å². The molecule has 0 spiro atoms. The van der Waals surface area contributed by atoms with E-state index in [1.165, 1.54) is 11.8 Å². The molecule has 0 bridgehead atoms. The summed E-state index contributed by atoms with van der Waals surface area (Å²) in [4.78, 5) is 26.6. The maximum absolute atomic E-state index is 12.6. The third-order valence-corrected chi connectivity index (χ3v) is 6.10. The van der Waals surface area contributed by atoms with Gasteiger partial charge in [0.1, 0.15) is 11.5 Å². The van der Waals surface area contributed by atoms with Crippen molar-refractivity contribution in [3.63, 3.8) is 0 Å². The van der Waals surface area contributed by atoms with Gasteiger partial charge in [0.25, 0.3) is 5.91 Å². The van der Waals surface area contributed by atoms with Crippen molar-refractivity contribution < 1.29 is 19.1 Å². The summed E-state index contributed by atoms with van der Waals surface area (Å²) < 4.78 is 12.4. The summed E-state index contributed by atoms with van der Waals surface area (Å²) in [5.74, 6) is 1.87. The van der Waals surface area contributed by atoms with Crippen LogP contribution in [0.3, 0.4) is 0 Å². The van der Waals surface area contributed by atoms with E-state index in [9.17, 15) is 9.59 Å². The van der Waals surface area contributed by atoms with Gasteiger partial charge in [0.2, 0.25) is 5.91 Å². The van der Waals surface area contributed by atoms with Gasteiger partial charge in [0.05, 0.1) is 24.6 Å². The van der Waals surface area contributed by atoms with Crippen molar-refractivity contribution in [2.45, 2.75) is 18.1 Å². The van der Waals surface area contributed by atoms with Crippen LogP contribution in [0.2, 0.25) is 0 Å². The Morgan fingerprint density at radius 3 is 2.72 bits per heavy atom. The van der Waals surface area contributed by atoms with Crippen molar-refractivity contribution in [2.24, 2.45) is 7.05 Å². The van der Waals surface area contributed by atoms with Gasteiger partial charge in [-0.3, -0.25) is 14.5 Å². The first kappa shape index (κ1) is 21.7. The van der Waals surface area contributed by atoms with Gasteiger partial charge in [0.15, 0.2) is 17.6 Å². The summed E-state index contributed by atoms with van der Waals surface area (Å²) in [6, 6.07) is 14.2. The lowest BCUT2D eigenvalue weighted by molar-refractivity contribution is -0.121. The van der Waals surface area contributed by atoms with Crippen molar-refractivity contribution in [2.75, 3.05) is 29.7 Å². The number of amides is 2. The molecule has 1 aromatic heterocycles. The normalized spacial score (nSPS) is 13.8. The Balaban J connectivity index is 1.43. The number of hydrogen-bond acceptors (Lipinski definition) is 7. The first-order valence-electron chi connectivity index (χ1n) is 9.98. The Labute approximate surface area is 189 Å². The predicted molar refractivity (Wildman–Crippen MR) is 121 cm³/mol. The topological polar surface area (TPSA) is 98.6 Å². The summed E-state index contributed by atoms with van der Waals surface area (Å²) in [6.07, 6.45) is 0. The summed E-state index contributed by atoms with van der Waals surface area (Å²) in [5, 5.41) is 11.9. The van der Waals surface area contributed by atoms with E-state index >= 15 is 0 Å². The van der Waals surface area contributed by atoms with Crippen molar-refractivity contribution >= 4 is 35.0 Å². The maximum Gasteiger partial charge on any atom is 0.265 e. The molecule has 0 aliphatic carbocycles. The number of nitrogens with one attached hydrogen (secondary N) is 1. The van der Waals surface area contributed by atoms with Crippen LogP contribution in [0.5, 0.6) is 11.5 Å². The molecule has 166 valence electrons. The number of benzene rings is 2. The van der Waals surface area contributed by atoms with Crippen molar-refractivity contribution in [1.29, 1.82) is 0 Å². The minimum atomic E-state index is -0.354. The van der Waals surface area contributed by atoms with Gasteiger partial charge in [-0.1, -0.05) is 23.9 Å². The number of para-hydroxylation sites is 2.